The first kappa shape index (κ1) is 24.5. The summed E-state index contributed by atoms with van der Waals surface area (Å²) >= 11 is 3.44. The smallest absolute Gasteiger partial charge is 0.292 e. The average molecular weight is 529 g/mol. The number of hydrogen-bond donors (Lipinski definition) is 3. The van der Waals surface area contributed by atoms with E-state index < -0.39 is 15.9 Å². The molecule has 1 aliphatic heterocycles. The minimum Gasteiger partial charge on any atom is -0.431 e. The minimum atomic E-state index is -3.27. The topological polar surface area (TPSA) is 134 Å². The lowest BCUT2D eigenvalue weighted by atomic mass is 10.2. The fourth-order valence-electron chi connectivity index (χ4n) is 3.38. The fraction of sp³-hybridized carbons (Fsp3) is 0.500. The number of nitrogens with zero attached hydrogens (tertiary/aromatic N) is 3. The predicted molar refractivity (Wildman–Crippen MR) is 128 cm³/mol. The number of piperazine rings is 1. The molecule has 0 spiro atoms. The number of sulfonamides is 1. The highest BCUT2D eigenvalue weighted by Crippen LogP contribution is 2.29. The van der Waals surface area contributed by atoms with Gasteiger partial charge in [0.2, 0.25) is 10.0 Å². The third-order valence-corrected chi connectivity index (χ3v) is 7.73. The molecule has 10 nitrogen and oxygen atoms in total. The first-order chi connectivity index (χ1) is 15.2. The number of aromatic nitrogens is 1. The lowest BCUT2D eigenvalue weighted by Gasteiger charge is -2.35. The standard InChI is InChI=1S/C20H29BrN6O4S/c1-14(2)23-6-3-11-32(29,30)27-9-7-26(8-10-27)15-4-5-16(21)17(12-15)24-19(28)18-13-31-20(22)25-18/h4-5,12-14,23H,3,6-11H2,1-2H3,(H2,22,25)(H,24,28). The van der Waals surface area contributed by atoms with Crippen molar-refractivity contribution < 1.29 is 17.6 Å². The van der Waals surface area contributed by atoms with Gasteiger partial charge in [-0.1, -0.05) is 13.8 Å². The zero-order valence-corrected chi connectivity index (χ0v) is 20.6. The van der Waals surface area contributed by atoms with Crippen molar-refractivity contribution in [1.29, 1.82) is 0 Å². The monoisotopic (exact) mass is 528 g/mol. The van der Waals surface area contributed by atoms with Crippen LogP contribution in [0.4, 0.5) is 17.4 Å². The first-order valence-corrected chi connectivity index (χ1v) is 12.8. The second-order valence-electron chi connectivity index (χ2n) is 7.85. The Morgan fingerprint density at radius 3 is 2.62 bits per heavy atom. The molecule has 0 radical (unpaired) electrons. The fourth-order valence-corrected chi connectivity index (χ4v) is 5.22. The normalized spacial score (nSPS) is 15.3. The SMILES string of the molecule is CC(C)NCCCS(=O)(=O)N1CCN(c2ccc(Br)c(NC(=O)c3coc(N)n3)c2)CC1. The maximum atomic E-state index is 12.6. The van der Waals surface area contributed by atoms with Gasteiger partial charge < -0.3 is 25.7 Å². The van der Waals surface area contributed by atoms with E-state index in [9.17, 15) is 13.2 Å². The molecule has 4 N–H and O–H groups in total. The van der Waals surface area contributed by atoms with E-state index >= 15 is 0 Å². The third kappa shape index (κ3) is 6.44. The van der Waals surface area contributed by atoms with Crippen molar-refractivity contribution in [2.24, 2.45) is 0 Å². The van der Waals surface area contributed by atoms with Crippen LogP contribution in [-0.2, 0) is 10.0 Å². The van der Waals surface area contributed by atoms with Crippen LogP contribution in [0.25, 0.3) is 0 Å². The summed E-state index contributed by atoms with van der Waals surface area (Å²) in [6.45, 7) is 6.75. The summed E-state index contributed by atoms with van der Waals surface area (Å²) in [5.41, 5.74) is 6.97. The van der Waals surface area contributed by atoms with Crippen LogP contribution in [0.3, 0.4) is 0 Å². The Morgan fingerprint density at radius 2 is 2.00 bits per heavy atom. The van der Waals surface area contributed by atoms with Gasteiger partial charge in [-0.2, -0.15) is 9.29 Å². The summed E-state index contributed by atoms with van der Waals surface area (Å²) in [7, 11) is -3.27. The summed E-state index contributed by atoms with van der Waals surface area (Å²) in [6.07, 6.45) is 1.79. The Morgan fingerprint density at radius 1 is 1.28 bits per heavy atom. The minimum absolute atomic E-state index is 0.0769. The van der Waals surface area contributed by atoms with Crippen molar-refractivity contribution in [3.8, 4) is 0 Å². The Bertz CT molecular complexity index is 1030. The number of anilines is 3. The zero-order chi connectivity index (χ0) is 23.3. The highest BCUT2D eigenvalue weighted by atomic mass is 79.9. The number of carbonyl (C=O) groups is 1. The molecule has 12 heteroatoms. The summed E-state index contributed by atoms with van der Waals surface area (Å²) < 4.78 is 32.4. The van der Waals surface area contributed by atoms with Gasteiger partial charge in [-0.15, -0.1) is 0 Å². The highest BCUT2D eigenvalue weighted by molar-refractivity contribution is 9.10. The van der Waals surface area contributed by atoms with E-state index in [2.05, 4.69) is 36.4 Å². The van der Waals surface area contributed by atoms with Gasteiger partial charge in [0.25, 0.3) is 11.9 Å². The number of halogens is 1. The van der Waals surface area contributed by atoms with Gasteiger partial charge in [-0.3, -0.25) is 4.79 Å². The molecule has 0 saturated carbocycles. The van der Waals surface area contributed by atoms with Crippen LogP contribution in [0.5, 0.6) is 0 Å². The van der Waals surface area contributed by atoms with Gasteiger partial charge >= 0.3 is 0 Å². The number of amides is 1. The zero-order valence-electron chi connectivity index (χ0n) is 18.2. The van der Waals surface area contributed by atoms with Crippen LogP contribution in [-0.4, -0.2) is 68.1 Å². The largest absolute Gasteiger partial charge is 0.431 e. The van der Waals surface area contributed by atoms with Crippen LogP contribution in [0.1, 0.15) is 30.8 Å². The van der Waals surface area contributed by atoms with Gasteiger partial charge in [0.05, 0.1) is 11.4 Å². The number of benzene rings is 1. The summed E-state index contributed by atoms with van der Waals surface area (Å²) in [5, 5.41) is 6.03. The van der Waals surface area contributed by atoms with Crippen molar-refractivity contribution in [3.63, 3.8) is 0 Å². The van der Waals surface area contributed by atoms with E-state index in [1.54, 1.807) is 4.31 Å². The van der Waals surface area contributed by atoms with Crippen LogP contribution in [0.2, 0.25) is 0 Å². The van der Waals surface area contributed by atoms with Crippen LogP contribution in [0.15, 0.2) is 33.4 Å². The molecular weight excluding hydrogens is 500 g/mol. The molecule has 176 valence electrons. The maximum Gasteiger partial charge on any atom is 0.292 e. The van der Waals surface area contributed by atoms with Gasteiger partial charge in [0.15, 0.2) is 5.69 Å². The molecule has 0 aliphatic carbocycles. The molecule has 1 aromatic heterocycles. The number of nitrogens with one attached hydrogen (secondary N) is 2. The molecule has 2 heterocycles. The van der Waals surface area contributed by atoms with Crippen molar-refractivity contribution in [2.45, 2.75) is 26.3 Å². The van der Waals surface area contributed by atoms with Crippen molar-refractivity contribution in [3.05, 3.63) is 34.6 Å². The molecule has 3 rings (SSSR count). The third-order valence-electron chi connectivity index (χ3n) is 5.08. The van der Waals surface area contributed by atoms with Crippen molar-refractivity contribution in [2.75, 3.05) is 54.4 Å². The molecular formula is C20H29BrN6O4S. The summed E-state index contributed by atoms with van der Waals surface area (Å²) in [5.74, 6) is -0.292. The number of nitrogens with two attached hydrogens (primary N) is 1. The quantitative estimate of drug-likeness (QED) is 0.421. The number of oxazole rings is 1. The van der Waals surface area contributed by atoms with E-state index in [4.69, 9.17) is 10.2 Å². The van der Waals surface area contributed by atoms with E-state index in [0.29, 0.717) is 55.3 Å². The van der Waals surface area contributed by atoms with Gasteiger partial charge in [-0.05, 0) is 47.1 Å². The molecule has 1 aliphatic rings. The molecule has 1 aromatic carbocycles. The molecule has 0 atom stereocenters. The van der Waals surface area contributed by atoms with E-state index in [-0.39, 0.29) is 17.5 Å². The molecule has 2 aromatic rings. The first-order valence-electron chi connectivity index (χ1n) is 10.4. The molecule has 0 bridgehead atoms. The second kappa shape index (κ2) is 10.6. The molecule has 0 unspecified atom stereocenters. The van der Waals surface area contributed by atoms with E-state index in [1.807, 2.05) is 32.0 Å². The van der Waals surface area contributed by atoms with E-state index in [1.165, 1.54) is 6.26 Å². The Balaban J connectivity index is 1.58. The summed E-state index contributed by atoms with van der Waals surface area (Å²) in [6, 6.07) is 5.87. The molecule has 1 amide bonds. The average Bonchev–Trinajstić information content (AvgIpc) is 3.19. The summed E-state index contributed by atoms with van der Waals surface area (Å²) in [4.78, 5) is 18.3. The van der Waals surface area contributed by atoms with Gasteiger partial charge in [-0.25, -0.2) is 8.42 Å². The Labute approximate surface area is 196 Å². The lowest BCUT2D eigenvalue weighted by molar-refractivity contribution is 0.102. The van der Waals surface area contributed by atoms with Crippen LogP contribution >= 0.6 is 15.9 Å². The predicted octanol–water partition coefficient (Wildman–Crippen LogP) is 2.11. The highest BCUT2D eigenvalue weighted by Gasteiger charge is 2.27. The van der Waals surface area contributed by atoms with Gasteiger partial charge in [0, 0.05) is 42.4 Å². The van der Waals surface area contributed by atoms with Crippen molar-refractivity contribution >= 4 is 49.2 Å². The number of nitrogen functional groups attached to an aromatic ring is 1. The molecule has 1 fully saturated rings. The van der Waals surface area contributed by atoms with Crippen LogP contribution < -0.4 is 21.3 Å². The van der Waals surface area contributed by atoms with Crippen molar-refractivity contribution in [1.82, 2.24) is 14.6 Å². The number of rotatable bonds is 9. The second-order valence-corrected chi connectivity index (χ2v) is 10.8. The number of carbonyl (C=O) groups excluding carboxylic acids is 1. The van der Waals surface area contributed by atoms with Gasteiger partial charge in [0.1, 0.15) is 6.26 Å². The van der Waals surface area contributed by atoms with E-state index in [0.717, 1.165) is 5.69 Å². The Hall–Kier alpha value is -2.15. The number of hydrogen-bond acceptors (Lipinski definition) is 8. The molecule has 32 heavy (non-hydrogen) atoms. The Kier molecular flexibility index (Phi) is 8.15. The molecule has 1 saturated heterocycles. The maximum absolute atomic E-state index is 12.6. The van der Waals surface area contributed by atoms with Crippen LogP contribution in [0, 0.1) is 0 Å². The lowest BCUT2D eigenvalue weighted by Crippen LogP contribution is -2.49.